The van der Waals surface area contributed by atoms with Gasteiger partial charge in [-0.2, -0.15) is 0 Å². The van der Waals surface area contributed by atoms with E-state index in [0.717, 1.165) is 26.2 Å². The zero-order chi connectivity index (χ0) is 11.3. The Bertz CT molecular complexity index is 178. The lowest BCUT2D eigenvalue weighted by molar-refractivity contribution is -0.0587. The van der Waals surface area contributed by atoms with E-state index >= 15 is 0 Å². The van der Waals surface area contributed by atoms with Crippen LogP contribution < -0.4 is 5.73 Å². The molecule has 2 atom stereocenters. The number of nitrogens with two attached hydrogens (primary N) is 1. The predicted molar refractivity (Wildman–Crippen MR) is 64.0 cm³/mol. The second-order valence-corrected chi connectivity index (χ2v) is 4.63. The molecule has 1 saturated heterocycles. The third-order valence-corrected chi connectivity index (χ3v) is 3.75. The minimum absolute atomic E-state index is 0.0996. The molecule has 2 unspecified atom stereocenters. The maximum Gasteiger partial charge on any atom is 0.0662 e. The summed E-state index contributed by atoms with van der Waals surface area (Å²) in [6.45, 7) is 10.2. The van der Waals surface area contributed by atoms with Gasteiger partial charge in [-0.05, 0) is 32.7 Å². The Labute approximate surface area is 94.0 Å². The molecule has 0 saturated carbocycles. The first-order valence-electron chi connectivity index (χ1n) is 6.24. The summed E-state index contributed by atoms with van der Waals surface area (Å²) < 4.78 is 5.63. The van der Waals surface area contributed by atoms with Gasteiger partial charge in [-0.15, -0.1) is 0 Å². The molecule has 0 aliphatic carbocycles. The second-order valence-electron chi connectivity index (χ2n) is 4.63. The van der Waals surface area contributed by atoms with Crippen LogP contribution in [-0.2, 0) is 4.74 Å². The van der Waals surface area contributed by atoms with Gasteiger partial charge in [0.15, 0.2) is 0 Å². The quantitative estimate of drug-likeness (QED) is 0.755. The van der Waals surface area contributed by atoms with Gasteiger partial charge < -0.3 is 10.5 Å². The summed E-state index contributed by atoms with van der Waals surface area (Å²) in [6, 6.07) is 0.597. The van der Waals surface area contributed by atoms with Gasteiger partial charge in [0.1, 0.15) is 0 Å². The smallest absolute Gasteiger partial charge is 0.0662 e. The van der Waals surface area contributed by atoms with Crippen LogP contribution in [0.3, 0.4) is 0 Å². The second kappa shape index (κ2) is 5.83. The third-order valence-electron chi connectivity index (χ3n) is 3.75. The van der Waals surface area contributed by atoms with E-state index in [9.17, 15) is 0 Å². The molecule has 1 fully saturated rings. The van der Waals surface area contributed by atoms with Crippen LogP contribution in [0.4, 0.5) is 0 Å². The van der Waals surface area contributed by atoms with E-state index in [1.54, 1.807) is 0 Å². The summed E-state index contributed by atoms with van der Waals surface area (Å²) in [5.41, 5.74) is 6.09. The van der Waals surface area contributed by atoms with Crippen LogP contribution in [0.15, 0.2) is 0 Å². The zero-order valence-electron chi connectivity index (χ0n) is 10.5. The summed E-state index contributed by atoms with van der Waals surface area (Å²) in [5, 5.41) is 0. The third kappa shape index (κ3) is 2.71. The molecule has 90 valence electrons. The minimum atomic E-state index is 0.0996. The van der Waals surface area contributed by atoms with Crippen LogP contribution in [-0.4, -0.2) is 42.8 Å². The van der Waals surface area contributed by atoms with E-state index in [-0.39, 0.29) is 5.54 Å². The SMILES string of the molecule is CCC(C)N(CC)C1(CN)CCCOC1. The molecule has 1 aliphatic rings. The highest BCUT2D eigenvalue weighted by atomic mass is 16.5. The monoisotopic (exact) mass is 214 g/mol. The number of hydrogen-bond acceptors (Lipinski definition) is 3. The van der Waals surface area contributed by atoms with Gasteiger partial charge in [0.05, 0.1) is 12.1 Å². The largest absolute Gasteiger partial charge is 0.379 e. The molecule has 3 heteroatoms. The van der Waals surface area contributed by atoms with E-state index in [1.165, 1.54) is 12.8 Å². The molecule has 1 aliphatic heterocycles. The molecular weight excluding hydrogens is 188 g/mol. The highest BCUT2D eigenvalue weighted by Gasteiger charge is 2.38. The number of ether oxygens (including phenoxy) is 1. The molecule has 0 aromatic rings. The van der Waals surface area contributed by atoms with E-state index in [1.807, 2.05) is 0 Å². The highest BCUT2D eigenvalue weighted by Crippen LogP contribution is 2.27. The molecule has 0 spiro atoms. The first-order chi connectivity index (χ1) is 7.20. The van der Waals surface area contributed by atoms with Crippen LogP contribution in [0.2, 0.25) is 0 Å². The molecule has 0 aromatic carbocycles. The Kier molecular flexibility index (Phi) is 5.03. The van der Waals surface area contributed by atoms with E-state index in [2.05, 4.69) is 25.7 Å². The number of rotatable bonds is 5. The van der Waals surface area contributed by atoms with Crippen molar-refractivity contribution in [1.82, 2.24) is 4.90 Å². The van der Waals surface area contributed by atoms with Crippen molar-refractivity contribution in [3.8, 4) is 0 Å². The van der Waals surface area contributed by atoms with Crippen LogP contribution in [0.1, 0.15) is 40.0 Å². The molecule has 0 amide bonds. The van der Waals surface area contributed by atoms with E-state index in [4.69, 9.17) is 10.5 Å². The maximum atomic E-state index is 5.99. The van der Waals surface area contributed by atoms with Crippen molar-refractivity contribution in [2.45, 2.75) is 51.6 Å². The van der Waals surface area contributed by atoms with Gasteiger partial charge >= 0.3 is 0 Å². The maximum absolute atomic E-state index is 5.99. The van der Waals surface area contributed by atoms with Crippen LogP contribution >= 0.6 is 0 Å². The fraction of sp³-hybridized carbons (Fsp3) is 1.00. The van der Waals surface area contributed by atoms with Gasteiger partial charge in [0.2, 0.25) is 0 Å². The summed E-state index contributed by atoms with van der Waals surface area (Å²) in [6.07, 6.45) is 3.50. The Morgan fingerprint density at radius 1 is 1.47 bits per heavy atom. The van der Waals surface area contributed by atoms with Crippen molar-refractivity contribution in [2.75, 3.05) is 26.3 Å². The minimum Gasteiger partial charge on any atom is -0.379 e. The lowest BCUT2D eigenvalue weighted by Crippen LogP contribution is -2.61. The predicted octanol–water partition coefficient (Wildman–Crippen LogP) is 1.61. The van der Waals surface area contributed by atoms with Gasteiger partial charge in [-0.3, -0.25) is 4.90 Å². The van der Waals surface area contributed by atoms with Gasteiger partial charge in [-0.25, -0.2) is 0 Å². The molecule has 0 bridgehead atoms. The zero-order valence-corrected chi connectivity index (χ0v) is 10.5. The molecule has 0 aromatic heterocycles. The van der Waals surface area contributed by atoms with Crippen LogP contribution in [0.5, 0.6) is 0 Å². The van der Waals surface area contributed by atoms with Crippen molar-refractivity contribution in [2.24, 2.45) is 5.73 Å². The van der Waals surface area contributed by atoms with Crippen molar-refractivity contribution < 1.29 is 4.74 Å². The normalized spacial score (nSPS) is 29.4. The summed E-state index contributed by atoms with van der Waals surface area (Å²) in [7, 11) is 0. The van der Waals surface area contributed by atoms with E-state index in [0.29, 0.717) is 12.6 Å². The highest BCUT2D eigenvalue weighted by molar-refractivity contribution is 4.95. The average Bonchev–Trinajstić information content (AvgIpc) is 2.30. The van der Waals surface area contributed by atoms with Crippen LogP contribution in [0, 0.1) is 0 Å². The van der Waals surface area contributed by atoms with Crippen molar-refractivity contribution in [1.29, 1.82) is 0 Å². The van der Waals surface area contributed by atoms with Gasteiger partial charge in [0, 0.05) is 19.2 Å². The molecule has 2 N–H and O–H groups in total. The van der Waals surface area contributed by atoms with Crippen LogP contribution in [0.25, 0.3) is 0 Å². The summed E-state index contributed by atoms with van der Waals surface area (Å²) in [4.78, 5) is 2.53. The van der Waals surface area contributed by atoms with Crippen molar-refractivity contribution in [3.63, 3.8) is 0 Å². The lowest BCUT2D eigenvalue weighted by atomic mass is 9.88. The Hall–Kier alpha value is -0.120. The van der Waals surface area contributed by atoms with Gasteiger partial charge in [0.25, 0.3) is 0 Å². The average molecular weight is 214 g/mol. The van der Waals surface area contributed by atoms with Crippen molar-refractivity contribution >= 4 is 0 Å². The lowest BCUT2D eigenvalue weighted by Gasteiger charge is -2.48. The standard InChI is InChI=1S/C12H26N2O/c1-4-11(3)14(5-2)12(9-13)7-6-8-15-10-12/h11H,4-10,13H2,1-3H3. The molecule has 0 radical (unpaired) electrons. The Morgan fingerprint density at radius 3 is 2.60 bits per heavy atom. The number of likely N-dealkylation sites (N-methyl/N-ethyl adjacent to an activating group) is 1. The number of hydrogen-bond donors (Lipinski definition) is 1. The van der Waals surface area contributed by atoms with Crippen molar-refractivity contribution in [3.05, 3.63) is 0 Å². The fourth-order valence-electron chi connectivity index (χ4n) is 2.68. The summed E-state index contributed by atoms with van der Waals surface area (Å²) in [5.74, 6) is 0. The van der Waals surface area contributed by atoms with E-state index < -0.39 is 0 Å². The topological polar surface area (TPSA) is 38.5 Å². The molecule has 1 heterocycles. The van der Waals surface area contributed by atoms with Gasteiger partial charge in [-0.1, -0.05) is 13.8 Å². The Balaban J connectivity index is 2.75. The number of nitrogens with zero attached hydrogens (tertiary/aromatic N) is 1. The first kappa shape index (κ1) is 12.9. The fourth-order valence-corrected chi connectivity index (χ4v) is 2.68. The molecule has 15 heavy (non-hydrogen) atoms. The molecular formula is C12H26N2O. The Morgan fingerprint density at radius 2 is 2.20 bits per heavy atom. The first-order valence-corrected chi connectivity index (χ1v) is 6.24. The molecule has 3 nitrogen and oxygen atoms in total. The summed E-state index contributed by atoms with van der Waals surface area (Å²) >= 11 is 0. The molecule has 1 rings (SSSR count).